The Morgan fingerprint density at radius 2 is 1.68 bits per heavy atom. The first-order chi connectivity index (χ1) is 16.3. The highest BCUT2D eigenvalue weighted by Gasteiger charge is 2.67. The predicted octanol–water partition coefficient (Wildman–Crippen LogP) is 3.78. The zero-order chi connectivity index (χ0) is 24.0. The molecule has 8 nitrogen and oxygen atoms in total. The van der Waals surface area contributed by atoms with Crippen LogP contribution in [0.4, 0.5) is 11.8 Å². The molecule has 1 aromatic heterocycles. The molecule has 34 heavy (non-hydrogen) atoms. The number of benzene rings is 2. The SMILES string of the molecule is COc1cc2nc(N3CCN(C(=O)C4C(c5ccccc5)C4(Br)Br)CC3)nc(N)c2cc1OC. The molecule has 178 valence electrons. The van der Waals surface area contributed by atoms with Crippen LogP contribution in [0.15, 0.2) is 42.5 Å². The molecule has 2 unspecified atom stereocenters. The molecule has 1 amide bonds. The van der Waals surface area contributed by atoms with Crippen LogP contribution in [0.2, 0.25) is 0 Å². The van der Waals surface area contributed by atoms with Crippen molar-refractivity contribution in [2.24, 2.45) is 5.92 Å². The number of nitrogens with zero attached hydrogens (tertiary/aromatic N) is 4. The molecule has 2 aromatic carbocycles. The average molecular weight is 591 g/mol. The molecule has 2 fully saturated rings. The van der Waals surface area contributed by atoms with E-state index in [1.54, 1.807) is 26.4 Å². The molecule has 0 radical (unpaired) electrons. The number of fused-ring (bicyclic) bond motifs is 1. The fourth-order valence-electron chi connectivity index (χ4n) is 4.64. The van der Waals surface area contributed by atoms with Crippen LogP contribution < -0.4 is 20.1 Å². The number of carbonyl (C=O) groups is 1. The van der Waals surface area contributed by atoms with Crippen LogP contribution in [-0.2, 0) is 4.79 Å². The third-order valence-electron chi connectivity index (χ3n) is 6.57. The number of anilines is 2. The molecule has 2 N–H and O–H groups in total. The molecule has 5 rings (SSSR count). The molecule has 1 saturated heterocycles. The average Bonchev–Trinajstić information content (AvgIpc) is 3.44. The van der Waals surface area contributed by atoms with Gasteiger partial charge in [0.1, 0.15) is 9.05 Å². The summed E-state index contributed by atoms with van der Waals surface area (Å²) >= 11 is 7.46. The van der Waals surface area contributed by atoms with Gasteiger partial charge in [-0.05, 0) is 11.6 Å². The molecule has 3 aromatic rings. The first kappa shape index (κ1) is 23.2. The van der Waals surface area contributed by atoms with Gasteiger partial charge in [0.05, 0.1) is 25.7 Å². The molecule has 2 atom stereocenters. The molecule has 10 heteroatoms. The van der Waals surface area contributed by atoms with E-state index in [9.17, 15) is 4.79 Å². The number of alkyl halides is 2. The molecular weight excluding hydrogens is 566 g/mol. The summed E-state index contributed by atoms with van der Waals surface area (Å²) in [5.41, 5.74) is 8.09. The quantitative estimate of drug-likeness (QED) is 0.452. The number of nitrogen functional groups attached to an aromatic ring is 1. The van der Waals surface area contributed by atoms with Crippen LogP contribution in [0.25, 0.3) is 10.9 Å². The minimum Gasteiger partial charge on any atom is -0.493 e. The number of ether oxygens (including phenoxy) is 2. The highest BCUT2D eigenvalue weighted by Crippen LogP contribution is 2.67. The van der Waals surface area contributed by atoms with Gasteiger partial charge < -0.3 is 25.0 Å². The lowest BCUT2D eigenvalue weighted by Crippen LogP contribution is -2.50. The van der Waals surface area contributed by atoms with Gasteiger partial charge in [-0.25, -0.2) is 4.98 Å². The van der Waals surface area contributed by atoms with Crippen LogP contribution in [0, 0.1) is 5.92 Å². The maximum atomic E-state index is 13.3. The number of rotatable bonds is 5. The summed E-state index contributed by atoms with van der Waals surface area (Å²) in [6.07, 6.45) is 0. The number of carbonyl (C=O) groups excluding carboxylic acids is 1. The van der Waals surface area contributed by atoms with Crippen molar-refractivity contribution in [3.63, 3.8) is 0 Å². The number of nitrogens with two attached hydrogens (primary N) is 1. The number of aromatic nitrogens is 2. The zero-order valence-corrected chi connectivity index (χ0v) is 22.0. The van der Waals surface area contributed by atoms with Crippen molar-refractivity contribution in [1.82, 2.24) is 14.9 Å². The Hall–Kier alpha value is -2.59. The van der Waals surface area contributed by atoms with Gasteiger partial charge in [-0.1, -0.05) is 62.2 Å². The first-order valence-electron chi connectivity index (χ1n) is 11.0. The molecule has 1 saturated carbocycles. The van der Waals surface area contributed by atoms with Crippen molar-refractivity contribution in [3.8, 4) is 11.5 Å². The number of piperazine rings is 1. The normalized spacial score (nSPS) is 21.4. The Morgan fingerprint density at radius 1 is 1.03 bits per heavy atom. The maximum absolute atomic E-state index is 13.3. The second-order valence-corrected chi connectivity index (χ2v) is 12.2. The van der Waals surface area contributed by atoms with E-state index in [0.29, 0.717) is 60.3 Å². The molecule has 1 aliphatic carbocycles. The van der Waals surface area contributed by atoms with Crippen LogP contribution in [0.3, 0.4) is 0 Å². The van der Waals surface area contributed by atoms with Crippen molar-refractivity contribution in [2.45, 2.75) is 9.15 Å². The minimum atomic E-state index is -0.397. The summed E-state index contributed by atoms with van der Waals surface area (Å²) in [6, 6.07) is 13.7. The van der Waals surface area contributed by atoms with Crippen molar-refractivity contribution in [1.29, 1.82) is 0 Å². The van der Waals surface area contributed by atoms with E-state index in [1.807, 2.05) is 23.1 Å². The largest absolute Gasteiger partial charge is 0.493 e. The van der Waals surface area contributed by atoms with Crippen molar-refractivity contribution >= 4 is 60.4 Å². The van der Waals surface area contributed by atoms with Crippen LogP contribution >= 0.6 is 31.9 Å². The topological polar surface area (TPSA) is 93.8 Å². The molecule has 2 heterocycles. The summed E-state index contributed by atoms with van der Waals surface area (Å²) in [5.74, 6) is 2.21. The second-order valence-electron chi connectivity index (χ2n) is 8.49. The fraction of sp³-hybridized carbons (Fsp3) is 0.375. The lowest BCUT2D eigenvalue weighted by atomic mass is 10.1. The Balaban J connectivity index is 1.30. The molecular formula is C24H25Br2N5O3. The Morgan fingerprint density at radius 3 is 2.32 bits per heavy atom. The van der Waals surface area contributed by atoms with Crippen LogP contribution in [0.5, 0.6) is 11.5 Å². The van der Waals surface area contributed by atoms with Gasteiger partial charge in [0.15, 0.2) is 11.5 Å². The second kappa shape index (κ2) is 8.88. The van der Waals surface area contributed by atoms with Crippen molar-refractivity contribution in [3.05, 3.63) is 48.0 Å². The summed E-state index contributed by atoms with van der Waals surface area (Å²) in [4.78, 5) is 26.6. The van der Waals surface area contributed by atoms with Gasteiger partial charge in [-0.2, -0.15) is 4.98 Å². The van der Waals surface area contributed by atoms with E-state index in [1.165, 1.54) is 0 Å². The van der Waals surface area contributed by atoms with E-state index >= 15 is 0 Å². The Kier molecular flexibility index (Phi) is 6.05. The zero-order valence-electron chi connectivity index (χ0n) is 18.9. The minimum absolute atomic E-state index is 0.106. The monoisotopic (exact) mass is 589 g/mol. The molecule has 2 aliphatic rings. The number of methoxy groups -OCH3 is 2. The summed E-state index contributed by atoms with van der Waals surface area (Å²) in [5, 5.41) is 0.710. The van der Waals surface area contributed by atoms with Crippen LogP contribution in [0.1, 0.15) is 11.5 Å². The van der Waals surface area contributed by atoms with Gasteiger partial charge in [0, 0.05) is 43.5 Å². The smallest absolute Gasteiger partial charge is 0.228 e. The molecule has 0 bridgehead atoms. The fourth-order valence-corrected chi connectivity index (χ4v) is 6.35. The lowest BCUT2D eigenvalue weighted by molar-refractivity contribution is -0.132. The van der Waals surface area contributed by atoms with E-state index in [-0.39, 0.29) is 17.7 Å². The van der Waals surface area contributed by atoms with E-state index in [0.717, 1.165) is 5.56 Å². The Labute approximate surface area is 214 Å². The third kappa shape index (κ3) is 3.96. The standard InChI is InChI=1S/C24H25Br2N5O3/c1-33-17-12-15-16(13-18(17)34-2)28-23(29-21(15)27)31-10-8-30(9-11-31)22(32)20-19(24(20,25)26)14-6-4-3-5-7-14/h3-7,12-13,19-20H,8-11H2,1-2H3,(H2,27,28,29). The van der Waals surface area contributed by atoms with Crippen LogP contribution in [-0.4, -0.2) is 64.4 Å². The summed E-state index contributed by atoms with van der Waals surface area (Å²) in [7, 11) is 3.16. The van der Waals surface area contributed by atoms with Gasteiger partial charge in [0.25, 0.3) is 0 Å². The lowest BCUT2D eigenvalue weighted by Gasteiger charge is -2.35. The van der Waals surface area contributed by atoms with Gasteiger partial charge >= 0.3 is 0 Å². The number of hydrogen-bond acceptors (Lipinski definition) is 7. The molecule has 1 aliphatic heterocycles. The van der Waals surface area contributed by atoms with Gasteiger partial charge in [-0.3, -0.25) is 4.79 Å². The van der Waals surface area contributed by atoms with E-state index < -0.39 is 3.23 Å². The highest BCUT2D eigenvalue weighted by atomic mass is 79.9. The van der Waals surface area contributed by atoms with E-state index in [2.05, 4.69) is 53.9 Å². The maximum Gasteiger partial charge on any atom is 0.228 e. The van der Waals surface area contributed by atoms with Crippen molar-refractivity contribution < 1.29 is 14.3 Å². The van der Waals surface area contributed by atoms with Gasteiger partial charge in [0.2, 0.25) is 11.9 Å². The summed E-state index contributed by atoms with van der Waals surface area (Å²) < 4.78 is 10.4. The van der Waals surface area contributed by atoms with E-state index in [4.69, 9.17) is 20.2 Å². The first-order valence-corrected chi connectivity index (χ1v) is 12.6. The highest BCUT2D eigenvalue weighted by molar-refractivity contribution is 9.25. The molecule has 0 spiro atoms. The number of hydrogen-bond donors (Lipinski definition) is 1. The third-order valence-corrected chi connectivity index (χ3v) is 8.54. The number of amides is 1. The van der Waals surface area contributed by atoms with Crippen molar-refractivity contribution in [2.75, 3.05) is 51.0 Å². The summed E-state index contributed by atoms with van der Waals surface area (Å²) in [6.45, 7) is 2.45. The number of halogens is 2. The Bertz CT molecular complexity index is 1230. The van der Waals surface area contributed by atoms with Gasteiger partial charge in [-0.15, -0.1) is 0 Å². The predicted molar refractivity (Wildman–Crippen MR) is 139 cm³/mol.